The number of amides is 1. The van der Waals surface area contributed by atoms with Crippen LogP contribution >= 0.6 is 0 Å². The highest BCUT2D eigenvalue weighted by molar-refractivity contribution is 6.04. The lowest BCUT2D eigenvalue weighted by atomic mass is 10.2. The van der Waals surface area contributed by atoms with Crippen LogP contribution in [0.3, 0.4) is 0 Å². The number of carbonyl (C=O) groups is 1. The zero-order chi connectivity index (χ0) is 10.7. The number of pyridine rings is 2. The highest BCUT2D eigenvalue weighted by atomic mass is 16.1. The Bertz CT molecular complexity index is 491. The van der Waals surface area contributed by atoms with Crippen LogP contribution in [0.1, 0.15) is 17.3 Å². The van der Waals surface area contributed by atoms with Crippen molar-refractivity contribution >= 4 is 16.8 Å². The molecule has 0 radical (unpaired) electrons. The Kier molecular flexibility index (Phi) is 2.58. The number of aromatic nitrogens is 2. The van der Waals surface area contributed by atoms with Gasteiger partial charge in [-0.3, -0.25) is 14.8 Å². The summed E-state index contributed by atoms with van der Waals surface area (Å²) in [6, 6.07) is 3.71. The van der Waals surface area contributed by atoms with E-state index in [9.17, 15) is 4.79 Å². The van der Waals surface area contributed by atoms with Gasteiger partial charge in [-0.2, -0.15) is 0 Å². The zero-order valence-corrected chi connectivity index (χ0v) is 8.40. The van der Waals surface area contributed by atoms with Crippen molar-refractivity contribution in [3.8, 4) is 0 Å². The molecule has 0 aromatic carbocycles. The molecule has 0 aliphatic carbocycles. The summed E-state index contributed by atoms with van der Waals surface area (Å²) in [6.45, 7) is 2.48. The molecule has 0 bridgehead atoms. The fourth-order valence-corrected chi connectivity index (χ4v) is 1.42. The summed E-state index contributed by atoms with van der Waals surface area (Å²) in [5.41, 5.74) is 1.22. The van der Waals surface area contributed by atoms with Crippen molar-refractivity contribution in [1.82, 2.24) is 15.3 Å². The van der Waals surface area contributed by atoms with E-state index < -0.39 is 0 Å². The fourth-order valence-electron chi connectivity index (χ4n) is 1.42. The van der Waals surface area contributed by atoms with Crippen LogP contribution in [0.5, 0.6) is 0 Å². The maximum Gasteiger partial charge on any atom is 0.255 e. The van der Waals surface area contributed by atoms with Gasteiger partial charge in [0, 0.05) is 30.5 Å². The molecule has 2 rings (SSSR count). The predicted molar refractivity (Wildman–Crippen MR) is 57.5 cm³/mol. The van der Waals surface area contributed by atoms with Crippen LogP contribution in [0.2, 0.25) is 0 Å². The molecule has 0 atom stereocenters. The molecule has 4 heteroatoms. The second kappa shape index (κ2) is 4.04. The molecule has 0 saturated carbocycles. The maximum absolute atomic E-state index is 11.7. The SMILES string of the molecule is CCNC(=O)c1cncc2cccnc12. The maximum atomic E-state index is 11.7. The minimum atomic E-state index is -0.130. The van der Waals surface area contributed by atoms with Gasteiger partial charge in [0.1, 0.15) is 0 Å². The molecular formula is C11H11N3O. The number of carbonyl (C=O) groups excluding carboxylic acids is 1. The van der Waals surface area contributed by atoms with E-state index in [1.807, 2.05) is 19.1 Å². The second-order valence-electron chi connectivity index (χ2n) is 3.12. The van der Waals surface area contributed by atoms with Gasteiger partial charge < -0.3 is 5.32 Å². The molecule has 4 nitrogen and oxygen atoms in total. The molecule has 0 spiro atoms. The van der Waals surface area contributed by atoms with E-state index in [0.29, 0.717) is 17.6 Å². The summed E-state index contributed by atoms with van der Waals surface area (Å²) >= 11 is 0. The van der Waals surface area contributed by atoms with Crippen molar-refractivity contribution in [3.05, 3.63) is 36.3 Å². The topological polar surface area (TPSA) is 54.9 Å². The Labute approximate surface area is 87.4 Å². The molecule has 2 aromatic heterocycles. The molecule has 1 amide bonds. The van der Waals surface area contributed by atoms with E-state index in [1.165, 1.54) is 0 Å². The average molecular weight is 201 g/mol. The van der Waals surface area contributed by atoms with E-state index in [4.69, 9.17) is 0 Å². The standard InChI is InChI=1S/C11H11N3O/c1-2-13-11(15)9-7-12-6-8-4-3-5-14-10(8)9/h3-7H,2H2,1H3,(H,13,15). The van der Waals surface area contributed by atoms with Crippen LogP contribution in [-0.2, 0) is 0 Å². The lowest BCUT2D eigenvalue weighted by Gasteiger charge is -2.04. The van der Waals surface area contributed by atoms with Crippen LogP contribution in [-0.4, -0.2) is 22.4 Å². The first-order valence-electron chi connectivity index (χ1n) is 4.80. The van der Waals surface area contributed by atoms with Crippen LogP contribution in [0.25, 0.3) is 10.9 Å². The predicted octanol–water partition coefficient (Wildman–Crippen LogP) is 1.38. The van der Waals surface area contributed by atoms with Crippen molar-refractivity contribution < 1.29 is 4.79 Å². The van der Waals surface area contributed by atoms with Crippen molar-refractivity contribution in [2.45, 2.75) is 6.92 Å². The molecule has 1 N–H and O–H groups in total. The average Bonchev–Trinajstić information content (AvgIpc) is 2.28. The molecule has 0 aliphatic rings. The second-order valence-corrected chi connectivity index (χ2v) is 3.12. The summed E-state index contributed by atoms with van der Waals surface area (Å²) in [7, 11) is 0. The first-order valence-corrected chi connectivity index (χ1v) is 4.80. The Morgan fingerprint density at radius 1 is 1.47 bits per heavy atom. The van der Waals surface area contributed by atoms with Crippen molar-refractivity contribution in [2.24, 2.45) is 0 Å². The molecule has 2 aromatic rings. The third-order valence-corrected chi connectivity index (χ3v) is 2.09. The van der Waals surface area contributed by atoms with Crippen LogP contribution in [0.4, 0.5) is 0 Å². The highest BCUT2D eigenvalue weighted by Gasteiger charge is 2.09. The van der Waals surface area contributed by atoms with E-state index >= 15 is 0 Å². The van der Waals surface area contributed by atoms with E-state index in [0.717, 1.165) is 5.39 Å². The molecule has 0 unspecified atom stereocenters. The number of hydrogen-bond donors (Lipinski definition) is 1. The van der Waals surface area contributed by atoms with Crippen LogP contribution in [0.15, 0.2) is 30.7 Å². The molecule has 76 valence electrons. The quantitative estimate of drug-likeness (QED) is 0.798. The van der Waals surface area contributed by atoms with Gasteiger partial charge in [-0.25, -0.2) is 0 Å². The van der Waals surface area contributed by atoms with Crippen LogP contribution in [0, 0.1) is 0 Å². The molecule has 0 fully saturated rings. The molecular weight excluding hydrogens is 190 g/mol. The van der Waals surface area contributed by atoms with E-state index in [1.54, 1.807) is 18.6 Å². The minimum absolute atomic E-state index is 0.130. The van der Waals surface area contributed by atoms with Crippen molar-refractivity contribution in [1.29, 1.82) is 0 Å². The molecule has 15 heavy (non-hydrogen) atoms. The summed E-state index contributed by atoms with van der Waals surface area (Å²) in [6.07, 6.45) is 4.91. The van der Waals surface area contributed by atoms with Crippen molar-refractivity contribution in [2.75, 3.05) is 6.54 Å². The Hall–Kier alpha value is -1.97. The summed E-state index contributed by atoms with van der Waals surface area (Å²) in [4.78, 5) is 19.9. The first-order chi connectivity index (χ1) is 7.33. The summed E-state index contributed by atoms with van der Waals surface area (Å²) in [5, 5.41) is 3.61. The van der Waals surface area contributed by atoms with Gasteiger partial charge in [0.2, 0.25) is 0 Å². The molecule has 0 aliphatic heterocycles. The lowest BCUT2D eigenvalue weighted by Crippen LogP contribution is -2.23. The monoisotopic (exact) mass is 201 g/mol. The number of nitrogens with zero attached hydrogens (tertiary/aromatic N) is 2. The van der Waals surface area contributed by atoms with E-state index in [-0.39, 0.29) is 5.91 Å². The Morgan fingerprint density at radius 2 is 2.33 bits per heavy atom. The Morgan fingerprint density at radius 3 is 3.13 bits per heavy atom. The van der Waals surface area contributed by atoms with Gasteiger partial charge in [-0.05, 0) is 19.1 Å². The first kappa shape index (κ1) is 9.58. The summed E-state index contributed by atoms with van der Waals surface area (Å²) in [5.74, 6) is -0.130. The van der Waals surface area contributed by atoms with Gasteiger partial charge in [-0.1, -0.05) is 0 Å². The smallest absolute Gasteiger partial charge is 0.255 e. The van der Waals surface area contributed by atoms with Crippen molar-refractivity contribution in [3.63, 3.8) is 0 Å². The molecule has 2 heterocycles. The van der Waals surface area contributed by atoms with Gasteiger partial charge in [0.25, 0.3) is 5.91 Å². The van der Waals surface area contributed by atoms with Gasteiger partial charge in [0.15, 0.2) is 0 Å². The largest absolute Gasteiger partial charge is 0.352 e. The third-order valence-electron chi connectivity index (χ3n) is 2.09. The third kappa shape index (κ3) is 1.79. The number of nitrogens with one attached hydrogen (secondary N) is 1. The minimum Gasteiger partial charge on any atom is -0.352 e. The van der Waals surface area contributed by atoms with Crippen LogP contribution < -0.4 is 5.32 Å². The number of hydrogen-bond acceptors (Lipinski definition) is 3. The Balaban J connectivity index is 2.56. The number of rotatable bonds is 2. The fraction of sp³-hybridized carbons (Fsp3) is 0.182. The normalized spacial score (nSPS) is 10.2. The van der Waals surface area contributed by atoms with Gasteiger partial charge in [0.05, 0.1) is 11.1 Å². The van der Waals surface area contributed by atoms with E-state index in [2.05, 4.69) is 15.3 Å². The van der Waals surface area contributed by atoms with Gasteiger partial charge in [-0.15, -0.1) is 0 Å². The van der Waals surface area contributed by atoms with Gasteiger partial charge >= 0.3 is 0 Å². The number of fused-ring (bicyclic) bond motifs is 1. The molecule has 0 saturated heterocycles. The lowest BCUT2D eigenvalue weighted by molar-refractivity contribution is 0.0957. The summed E-state index contributed by atoms with van der Waals surface area (Å²) < 4.78 is 0. The highest BCUT2D eigenvalue weighted by Crippen LogP contribution is 2.13. The zero-order valence-electron chi connectivity index (χ0n) is 8.40.